The molecule has 4 rings (SSSR count). The summed E-state index contributed by atoms with van der Waals surface area (Å²) in [6, 6.07) is 9.86. The van der Waals surface area contributed by atoms with Gasteiger partial charge < -0.3 is 4.74 Å². The minimum absolute atomic E-state index is 0.294. The molecule has 6 nitrogen and oxygen atoms in total. The second-order valence-corrected chi connectivity index (χ2v) is 5.66. The fourth-order valence-electron chi connectivity index (χ4n) is 2.83. The second-order valence-electron chi connectivity index (χ2n) is 5.66. The van der Waals surface area contributed by atoms with Gasteiger partial charge in [0.1, 0.15) is 11.5 Å². The Morgan fingerprint density at radius 3 is 2.73 bits per heavy atom. The maximum Gasteiger partial charge on any atom is 0.356 e. The van der Waals surface area contributed by atoms with Gasteiger partial charge in [-0.3, -0.25) is 9.50 Å². The van der Waals surface area contributed by atoms with Crippen LogP contribution in [0.25, 0.3) is 28.0 Å². The number of aromatic nitrogens is 4. The summed E-state index contributed by atoms with van der Waals surface area (Å²) >= 11 is 0. The number of hydrogen-bond donors (Lipinski definition) is 1. The third-order valence-corrected chi connectivity index (χ3v) is 4.06. The van der Waals surface area contributed by atoms with E-state index in [1.54, 1.807) is 29.7 Å². The number of esters is 1. The molecular formula is C19H15FN4O2. The van der Waals surface area contributed by atoms with Crippen LogP contribution in [0.1, 0.15) is 17.4 Å². The molecular weight excluding hydrogens is 335 g/mol. The number of carbonyl (C=O) groups excluding carboxylic acids is 1. The van der Waals surface area contributed by atoms with Gasteiger partial charge in [-0.25, -0.2) is 14.2 Å². The van der Waals surface area contributed by atoms with Gasteiger partial charge in [-0.1, -0.05) is 0 Å². The summed E-state index contributed by atoms with van der Waals surface area (Å²) in [4.78, 5) is 16.3. The molecule has 0 aliphatic rings. The maximum atomic E-state index is 13.2. The van der Waals surface area contributed by atoms with Crippen molar-refractivity contribution in [2.75, 3.05) is 6.61 Å². The van der Waals surface area contributed by atoms with E-state index in [4.69, 9.17) is 4.74 Å². The monoisotopic (exact) mass is 350 g/mol. The van der Waals surface area contributed by atoms with Crippen LogP contribution in [0.4, 0.5) is 4.39 Å². The van der Waals surface area contributed by atoms with Crippen LogP contribution in [0, 0.1) is 5.82 Å². The summed E-state index contributed by atoms with van der Waals surface area (Å²) in [5.74, 6) is -0.729. The van der Waals surface area contributed by atoms with Gasteiger partial charge in [0.2, 0.25) is 0 Å². The number of aromatic amines is 1. The van der Waals surface area contributed by atoms with E-state index in [1.165, 1.54) is 18.3 Å². The largest absolute Gasteiger partial charge is 0.461 e. The summed E-state index contributed by atoms with van der Waals surface area (Å²) in [6.07, 6.45) is 5.07. The minimum atomic E-state index is -0.428. The van der Waals surface area contributed by atoms with Gasteiger partial charge in [-0.2, -0.15) is 5.10 Å². The number of H-pyrrole nitrogens is 1. The summed E-state index contributed by atoms with van der Waals surface area (Å²) < 4.78 is 20.0. The molecule has 0 spiro atoms. The quantitative estimate of drug-likeness (QED) is 0.570. The second kappa shape index (κ2) is 6.44. The fraction of sp³-hybridized carbons (Fsp3) is 0.105. The molecule has 3 aromatic heterocycles. The number of ether oxygens (including phenoxy) is 1. The average Bonchev–Trinajstić information content (AvgIpc) is 3.29. The van der Waals surface area contributed by atoms with E-state index in [2.05, 4.69) is 15.2 Å². The molecule has 3 heterocycles. The summed E-state index contributed by atoms with van der Waals surface area (Å²) in [5.41, 5.74) is 4.16. The Morgan fingerprint density at radius 2 is 1.96 bits per heavy atom. The minimum Gasteiger partial charge on any atom is -0.461 e. The Balaban J connectivity index is 1.81. The molecule has 4 aromatic rings. The van der Waals surface area contributed by atoms with Gasteiger partial charge >= 0.3 is 5.97 Å². The van der Waals surface area contributed by atoms with Crippen LogP contribution in [0.2, 0.25) is 0 Å². The zero-order valence-electron chi connectivity index (χ0n) is 13.9. The van der Waals surface area contributed by atoms with Crippen molar-refractivity contribution in [2.24, 2.45) is 0 Å². The highest BCUT2D eigenvalue weighted by Crippen LogP contribution is 2.30. The highest BCUT2D eigenvalue weighted by molar-refractivity contribution is 5.89. The van der Waals surface area contributed by atoms with Crippen molar-refractivity contribution in [2.45, 2.75) is 6.92 Å². The van der Waals surface area contributed by atoms with Crippen molar-refractivity contribution in [1.29, 1.82) is 0 Å². The average molecular weight is 350 g/mol. The van der Waals surface area contributed by atoms with Crippen LogP contribution in [-0.4, -0.2) is 32.2 Å². The number of hydrogen-bond acceptors (Lipinski definition) is 4. The first-order chi connectivity index (χ1) is 12.7. The lowest BCUT2D eigenvalue weighted by Gasteiger charge is -2.06. The number of nitrogens with zero attached hydrogens (tertiary/aromatic N) is 3. The Kier molecular flexibility index (Phi) is 3.96. The zero-order chi connectivity index (χ0) is 18.1. The van der Waals surface area contributed by atoms with E-state index in [0.717, 1.165) is 16.7 Å². The first kappa shape index (κ1) is 16.0. The molecule has 0 aliphatic heterocycles. The van der Waals surface area contributed by atoms with E-state index in [1.807, 2.05) is 18.3 Å². The number of halogens is 1. The van der Waals surface area contributed by atoms with E-state index < -0.39 is 5.97 Å². The van der Waals surface area contributed by atoms with Crippen LogP contribution < -0.4 is 0 Å². The van der Waals surface area contributed by atoms with Gasteiger partial charge in [0.05, 0.1) is 18.5 Å². The number of rotatable bonds is 4. The van der Waals surface area contributed by atoms with Crippen LogP contribution in [-0.2, 0) is 4.74 Å². The third-order valence-electron chi connectivity index (χ3n) is 4.06. The van der Waals surface area contributed by atoms with Gasteiger partial charge in [0.25, 0.3) is 0 Å². The predicted octanol–water partition coefficient (Wildman–Crippen LogP) is 3.71. The maximum absolute atomic E-state index is 13.2. The van der Waals surface area contributed by atoms with Crippen LogP contribution in [0.3, 0.4) is 0 Å². The Bertz CT molecular complexity index is 1080. The molecule has 0 radical (unpaired) electrons. The lowest BCUT2D eigenvalue weighted by Crippen LogP contribution is -2.07. The number of pyridine rings is 1. The van der Waals surface area contributed by atoms with Crippen molar-refractivity contribution in [3.05, 3.63) is 66.5 Å². The topological polar surface area (TPSA) is 72.3 Å². The number of carbonyl (C=O) groups is 1. The zero-order valence-corrected chi connectivity index (χ0v) is 13.9. The van der Waals surface area contributed by atoms with Crippen molar-refractivity contribution < 1.29 is 13.9 Å². The van der Waals surface area contributed by atoms with Gasteiger partial charge in [0.15, 0.2) is 5.69 Å². The molecule has 0 amide bonds. The molecule has 7 heteroatoms. The summed E-state index contributed by atoms with van der Waals surface area (Å²) in [6.45, 7) is 2.05. The van der Waals surface area contributed by atoms with E-state index in [-0.39, 0.29) is 5.82 Å². The molecule has 1 N–H and O–H groups in total. The fourth-order valence-corrected chi connectivity index (χ4v) is 2.83. The normalized spacial score (nSPS) is 11.0. The Hall–Kier alpha value is -3.48. The van der Waals surface area contributed by atoms with Gasteiger partial charge in [0, 0.05) is 29.1 Å². The Labute approximate surface area is 148 Å². The van der Waals surface area contributed by atoms with Crippen molar-refractivity contribution in [3.63, 3.8) is 0 Å². The van der Waals surface area contributed by atoms with Crippen molar-refractivity contribution in [3.8, 4) is 22.4 Å². The Morgan fingerprint density at radius 1 is 1.19 bits per heavy atom. The molecule has 0 bridgehead atoms. The van der Waals surface area contributed by atoms with E-state index >= 15 is 0 Å². The van der Waals surface area contributed by atoms with Gasteiger partial charge in [-0.05, 0) is 43.3 Å². The van der Waals surface area contributed by atoms with E-state index in [9.17, 15) is 9.18 Å². The molecule has 26 heavy (non-hydrogen) atoms. The molecule has 0 saturated carbocycles. The third kappa shape index (κ3) is 2.73. The molecule has 0 fully saturated rings. The van der Waals surface area contributed by atoms with Crippen molar-refractivity contribution in [1.82, 2.24) is 19.6 Å². The molecule has 0 unspecified atom stereocenters. The molecule has 130 valence electrons. The van der Waals surface area contributed by atoms with Crippen LogP contribution in [0.15, 0.2) is 55.0 Å². The predicted molar refractivity (Wildman–Crippen MR) is 94.1 cm³/mol. The van der Waals surface area contributed by atoms with Crippen LogP contribution in [0.5, 0.6) is 0 Å². The highest BCUT2D eigenvalue weighted by Gasteiger charge is 2.16. The lowest BCUT2D eigenvalue weighted by molar-refractivity contribution is 0.0518. The first-order valence-electron chi connectivity index (χ1n) is 8.11. The van der Waals surface area contributed by atoms with Crippen molar-refractivity contribution >= 4 is 11.6 Å². The number of fused-ring (bicyclic) bond motifs is 1. The number of benzene rings is 1. The SMILES string of the molecule is CCOC(=O)c1cnc2ccc(-c3c[nH]nc3-c3ccc(F)cc3)cn12. The number of imidazole rings is 1. The molecule has 0 saturated heterocycles. The van der Waals surface area contributed by atoms with Crippen LogP contribution >= 0.6 is 0 Å². The first-order valence-corrected chi connectivity index (χ1v) is 8.11. The van der Waals surface area contributed by atoms with Gasteiger partial charge in [-0.15, -0.1) is 0 Å². The smallest absolute Gasteiger partial charge is 0.356 e. The molecule has 0 atom stereocenters. The van der Waals surface area contributed by atoms with E-state index in [0.29, 0.717) is 23.6 Å². The lowest BCUT2D eigenvalue weighted by atomic mass is 10.0. The molecule has 1 aromatic carbocycles. The standard InChI is InChI=1S/C19H15FN4O2/c1-2-26-19(25)16-10-21-17-8-5-13(11-24(16)17)15-9-22-23-18(15)12-3-6-14(20)7-4-12/h3-11H,2H2,1H3,(H,22,23). The highest BCUT2D eigenvalue weighted by atomic mass is 19.1. The molecule has 0 aliphatic carbocycles. The summed E-state index contributed by atoms with van der Waals surface area (Å²) in [5, 5.41) is 7.13. The summed E-state index contributed by atoms with van der Waals surface area (Å²) in [7, 11) is 0. The number of nitrogens with one attached hydrogen (secondary N) is 1.